The Bertz CT molecular complexity index is 1060. The maximum Gasteiger partial charge on any atom is 0.170 e. The normalized spacial score (nSPS) is 19.1. The van der Waals surface area contributed by atoms with Crippen LogP contribution in [0.3, 0.4) is 0 Å². The van der Waals surface area contributed by atoms with Gasteiger partial charge < -0.3 is 5.73 Å². The highest BCUT2D eigenvalue weighted by Crippen LogP contribution is 2.39. The van der Waals surface area contributed by atoms with Crippen molar-refractivity contribution in [3.63, 3.8) is 0 Å². The lowest BCUT2D eigenvalue weighted by Crippen LogP contribution is -2.19. The zero-order valence-electron chi connectivity index (χ0n) is 21.5. The minimum atomic E-state index is 0.159. The molecule has 2 aromatic carbocycles. The van der Waals surface area contributed by atoms with E-state index in [1.54, 1.807) is 0 Å². The molecule has 0 aliphatic heterocycles. The second-order valence-electron chi connectivity index (χ2n) is 10.4. The van der Waals surface area contributed by atoms with E-state index in [0.29, 0.717) is 17.7 Å². The molecule has 0 spiro atoms. The summed E-state index contributed by atoms with van der Waals surface area (Å²) in [5.41, 5.74) is 12.9. The highest BCUT2D eigenvalue weighted by atomic mass is 16.1. The van der Waals surface area contributed by atoms with Crippen LogP contribution in [0, 0.1) is 6.92 Å². The fourth-order valence-corrected chi connectivity index (χ4v) is 5.68. The molecule has 1 saturated carbocycles. The van der Waals surface area contributed by atoms with Crippen molar-refractivity contribution in [2.45, 2.75) is 96.1 Å². The number of aromatic nitrogens is 2. The third kappa shape index (κ3) is 6.49. The van der Waals surface area contributed by atoms with Crippen LogP contribution in [0.15, 0.2) is 54.6 Å². The van der Waals surface area contributed by atoms with E-state index in [0.717, 1.165) is 19.1 Å². The van der Waals surface area contributed by atoms with E-state index in [1.807, 2.05) is 37.3 Å². The second-order valence-corrected chi connectivity index (χ2v) is 10.4. The lowest BCUT2D eigenvalue weighted by molar-refractivity contribution is 0.111. The second kappa shape index (κ2) is 12.3. The van der Waals surface area contributed by atoms with Gasteiger partial charge in [0.05, 0.1) is 6.04 Å². The van der Waals surface area contributed by atoms with E-state index >= 15 is 0 Å². The third-order valence-electron chi connectivity index (χ3n) is 7.66. The van der Waals surface area contributed by atoms with Crippen LogP contribution in [0.2, 0.25) is 0 Å². The minimum absolute atomic E-state index is 0.159. The van der Waals surface area contributed by atoms with Crippen LogP contribution < -0.4 is 5.73 Å². The zero-order chi connectivity index (χ0) is 24.6. The number of hydrogen-bond acceptors (Lipinski definition) is 3. The quantitative estimate of drug-likeness (QED) is 0.314. The smallest absolute Gasteiger partial charge is 0.170 e. The molecule has 186 valence electrons. The van der Waals surface area contributed by atoms with Gasteiger partial charge in [-0.1, -0.05) is 85.8 Å². The van der Waals surface area contributed by atoms with Crippen molar-refractivity contribution in [3.8, 4) is 0 Å². The van der Waals surface area contributed by atoms with Gasteiger partial charge in [-0.05, 0) is 63.5 Å². The van der Waals surface area contributed by atoms with Crippen molar-refractivity contribution in [2.24, 2.45) is 5.73 Å². The molecule has 4 nitrogen and oxygen atoms in total. The molecule has 4 heteroatoms. The first-order chi connectivity index (χ1) is 17.1. The summed E-state index contributed by atoms with van der Waals surface area (Å²) in [4.78, 5) is 11.7. The standard InChI is InChI=1S/C23H30N2O.C8H11N/c1-17-11-13-18(14-12-17)15-19-7-5-6-10-21-22(16-26)24-25(23(19)21)20-8-3-2-4-9-20;1-7(9)8-5-3-2-4-6-8/h11-14,16,19-20H,2-10,15H2,1H3;2-7H,9H2,1H3/t;7-/m.0/s1. The molecule has 0 amide bonds. The monoisotopic (exact) mass is 471 g/mol. The Morgan fingerprint density at radius 1 is 0.971 bits per heavy atom. The maximum atomic E-state index is 11.7. The van der Waals surface area contributed by atoms with Gasteiger partial charge >= 0.3 is 0 Å². The highest BCUT2D eigenvalue weighted by Gasteiger charge is 2.30. The summed E-state index contributed by atoms with van der Waals surface area (Å²) in [6.07, 6.45) is 13.0. The van der Waals surface area contributed by atoms with E-state index in [2.05, 4.69) is 35.9 Å². The molecule has 2 atom stereocenters. The number of carbonyl (C=O) groups excluding carboxylic acids is 1. The Kier molecular flexibility index (Phi) is 8.92. The lowest BCUT2D eigenvalue weighted by Gasteiger charge is -2.27. The van der Waals surface area contributed by atoms with Gasteiger partial charge in [0.1, 0.15) is 5.69 Å². The van der Waals surface area contributed by atoms with Gasteiger partial charge in [0.25, 0.3) is 0 Å². The molecule has 0 radical (unpaired) electrons. The van der Waals surface area contributed by atoms with Gasteiger partial charge in [-0.3, -0.25) is 9.48 Å². The summed E-state index contributed by atoms with van der Waals surface area (Å²) in [7, 11) is 0. The van der Waals surface area contributed by atoms with Crippen molar-refractivity contribution in [1.82, 2.24) is 9.78 Å². The van der Waals surface area contributed by atoms with Crippen LogP contribution in [0.1, 0.15) is 115 Å². The van der Waals surface area contributed by atoms with Crippen molar-refractivity contribution >= 4 is 6.29 Å². The number of aryl methyl sites for hydroxylation is 1. The average Bonchev–Trinajstić information content (AvgIpc) is 3.14. The van der Waals surface area contributed by atoms with Crippen LogP contribution in [0.4, 0.5) is 0 Å². The van der Waals surface area contributed by atoms with E-state index in [9.17, 15) is 4.79 Å². The SMILES string of the molecule is C[C@H](N)c1ccccc1.Cc1ccc(CC2CCCCc3c(C=O)nn(C4CCCCC4)c32)cc1. The van der Waals surface area contributed by atoms with Gasteiger partial charge in [-0.15, -0.1) is 0 Å². The van der Waals surface area contributed by atoms with E-state index < -0.39 is 0 Å². The van der Waals surface area contributed by atoms with Crippen molar-refractivity contribution in [1.29, 1.82) is 0 Å². The molecule has 1 fully saturated rings. The van der Waals surface area contributed by atoms with Crippen molar-refractivity contribution in [3.05, 3.63) is 88.2 Å². The highest BCUT2D eigenvalue weighted by molar-refractivity contribution is 5.75. The van der Waals surface area contributed by atoms with Gasteiger partial charge in [0.2, 0.25) is 0 Å². The fraction of sp³-hybridized carbons (Fsp3) is 0.484. The first kappa shape index (κ1) is 25.4. The molecule has 2 N–H and O–H groups in total. The predicted octanol–water partition coefficient (Wildman–Crippen LogP) is 7.27. The van der Waals surface area contributed by atoms with E-state index in [1.165, 1.54) is 79.3 Å². The molecule has 1 aromatic heterocycles. The summed E-state index contributed by atoms with van der Waals surface area (Å²) in [5, 5.41) is 4.83. The van der Waals surface area contributed by atoms with E-state index in [-0.39, 0.29) is 6.04 Å². The van der Waals surface area contributed by atoms with Crippen molar-refractivity contribution in [2.75, 3.05) is 0 Å². The third-order valence-corrected chi connectivity index (χ3v) is 7.66. The number of rotatable bonds is 5. The van der Waals surface area contributed by atoms with Crippen LogP contribution in [-0.4, -0.2) is 16.1 Å². The molecular weight excluding hydrogens is 430 g/mol. The van der Waals surface area contributed by atoms with Gasteiger partial charge in [0, 0.05) is 23.2 Å². The maximum absolute atomic E-state index is 11.7. The summed E-state index contributed by atoms with van der Waals surface area (Å²) >= 11 is 0. The molecule has 5 rings (SSSR count). The zero-order valence-corrected chi connectivity index (χ0v) is 21.5. The van der Waals surface area contributed by atoms with Gasteiger partial charge in [-0.25, -0.2) is 0 Å². The molecule has 1 unspecified atom stereocenters. The Morgan fingerprint density at radius 3 is 2.29 bits per heavy atom. The van der Waals surface area contributed by atoms with Crippen LogP contribution in [-0.2, 0) is 12.8 Å². The molecule has 2 aliphatic rings. The topological polar surface area (TPSA) is 60.9 Å². The average molecular weight is 472 g/mol. The molecule has 0 bridgehead atoms. The Morgan fingerprint density at radius 2 is 1.66 bits per heavy atom. The summed E-state index contributed by atoms with van der Waals surface area (Å²) < 4.78 is 2.29. The van der Waals surface area contributed by atoms with Crippen LogP contribution in [0.25, 0.3) is 0 Å². The Hall–Kier alpha value is -2.72. The molecule has 3 aromatic rings. The predicted molar refractivity (Wildman–Crippen MR) is 144 cm³/mol. The molecule has 0 saturated heterocycles. The summed E-state index contributed by atoms with van der Waals surface area (Å²) in [6, 6.07) is 19.7. The lowest BCUT2D eigenvalue weighted by atomic mass is 9.89. The van der Waals surface area contributed by atoms with Gasteiger partial charge in [-0.2, -0.15) is 5.10 Å². The molecule has 2 aliphatic carbocycles. The minimum Gasteiger partial charge on any atom is -0.324 e. The fourth-order valence-electron chi connectivity index (χ4n) is 5.68. The molecule has 35 heavy (non-hydrogen) atoms. The Labute approximate surface area is 210 Å². The van der Waals surface area contributed by atoms with Crippen molar-refractivity contribution < 1.29 is 4.79 Å². The molecular formula is C31H41N3O. The number of hydrogen-bond donors (Lipinski definition) is 1. The van der Waals surface area contributed by atoms with Crippen LogP contribution in [0.5, 0.6) is 0 Å². The number of nitrogens with two attached hydrogens (primary N) is 1. The number of nitrogens with zero attached hydrogens (tertiary/aromatic N) is 2. The largest absolute Gasteiger partial charge is 0.324 e. The summed E-state index contributed by atoms with van der Waals surface area (Å²) in [6.45, 7) is 4.12. The first-order valence-electron chi connectivity index (χ1n) is 13.5. The van der Waals surface area contributed by atoms with E-state index in [4.69, 9.17) is 10.8 Å². The van der Waals surface area contributed by atoms with Crippen LogP contribution >= 0.6 is 0 Å². The van der Waals surface area contributed by atoms with Gasteiger partial charge in [0.15, 0.2) is 6.29 Å². The number of fused-ring (bicyclic) bond motifs is 1. The first-order valence-corrected chi connectivity index (χ1v) is 13.5. The Balaban J connectivity index is 0.000000271. The number of aldehydes is 1. The number of benzene rings is 2. The molecule has 1 heterocycles. The summed E-state index contributed by atoms with van der Waals surface area (Å²) in [5.74, 6) is 0.485. The number of carbonyl (C=O) groups is 1.